The minimum absolute atomic E-state index is 0.0302. The Hall–Kier alpha value is -1.98. The van der Waals surface area contributed by atoms with Crippen molar-refractivity contribution in [3.05, 3.63) is 70.7 Å². The zero-order valence-electron chi connectivity index (χ0n) is 17.9. The smallest absolute Gasteiger partial charge is 0.242 e. The molecule has 6 heteroatoms. The lowest BCUT2D eigenvalue weighted by atomic mass is 10.1. The first-order valence-corrected chi connectivity index (χ1v) is 11.9. The molecule has 0 bridgehead atoms. The van der Waals surface area contributed by atoms with E-state index in [1.807, 2.05) is 61.5 Å². The summed E-state index contributed by atoms with van der Waals surface area (Å²) in [5, 5.41) is 3.68. The summed E-state index contributed by atoms with van der Waals surface area (Å²) in [6, 6.07) is 17.0. The number of hydrogen-bond acceptors (Lipinski definition) is 3. The lowest BCUT2D eigenvalue weighted by Gasteiger charge is -2.31. The predicted molar refractivity (Wildman–Crippen MR) is 127 cm³/mol. The maximum absolute atomic E-state index is 13.1. The molecule has 2 aromatic carbocycles. The summed E-state index contributed by atoms with van der Waals surface area (Å²) in [6.07, 6.45) is 0.571. The van der Waals surface area contributed by atoms with E-state index in [0.29, 0.717) is 42.0 Å². The summed E-state index contributed by atoms with van der Waals surface area (Å²) in [7, 11) is 0. The minimum Gasteiger partial charge on any atom is -0.354 e. The quantitative estimate of drug-likeness (QED) is 0.519. The first-order valence-electron chi connectivity index (χ1n) is 10.3. The van der Waals surface area contributed by atoms with E-state index in [1.54, 1.807) is 4.90 Å². The zero-order chi connectivity index (χ0) is 21.9. The molecule has 1 atom stereocenters. The third-order valence-electron chi connectivity index (χ3n) is 4.65. The van der Waals surface area contributed by atoms with Crippen molar-refractivity contribution in [3.63, 3.8) is 0 Å². The standard InChI is InChI=1S/C24H31ClN2O2S/c1-4-22(24(29)26-14-18(2)3)27(15-19-9-6-5-7-10-19)23(28)17-30-16-20-11-8-12-21(25)13-20/h5-13,18,22H,4,14-17H2,1-3H3,(H,26,29)/t22-/m1/s1. The Morgan fingerprint density at radius 1 is 1.07 bits per heavy atom. The van der Waals surface area contributed by atoms with Gasteiger partial charge in [0.15, 0.2) is 0 Å². The molecule has 0 aliphatic carbocycles. The van der Waals surface area contributed by atoms with E-state index in [4.69, 9.17) is 11.6 Å². The lowest BCUT2D eigenvalue weighted by molar-refractivity contribution is -0.139. The van der Waals surface area contributed by atoms with E-state index in [2.05, 4.69) is 19.2 Å². The van der Waals surface area contributed by atoms with Gasteiger partial charge in [-0.25, -0.2) is 0 Å². The largest absolute Gasteiger partial charge is 0.354 e. The van der Waals surface area contributed by atoms with Gasteiger partial charge in [-0.3, -0.25) is 9.59 Å². The van der Waals surface area contributed by atoms with Gasteiger partial charge < -0.3 is 10.2 Å². The Labute approximate surface area is 189 Å². The van der Waals surface area contributed by atoms with Crippen molar-refractivity contribution in [1.29, 1.82) is 0 Å². The van der Waals surface area contributed by atoms with Crippen molar-refractivity contribution < 1.29 is 9.59 Å². The summed E-state index contributed by atoms with van der Waals surface area (Å²) in [4.78, 5) is 27.7. The molecular formula is C24H31ClN2O2S. The monoisotopic (exact) mass is 446 g/mol. The third kappa shape index (κ3) is 8.04. The van der Waals surface area contributed by atoms with E-state index in [-0.39, 0.29) is 11.8 Å². The second-order valence-electron chi connectivity index (χ2n) is 7.69. The molecule has 0 unspecified atom stereocenters. The van der Waals surface area contributed by atoms with Crippen LogP contribution >= 0.6 is 23.4 Å². The van der Waals surface area contributed by atoms with Crippen molar-refractivity contribution in [3.8, 4) is 0 Å². The van der Waals surface area contributed by atoms with Crippen LogP contribution in [0.2, 0.25) is 5.02 Å². The average Bonchev–Trinajstić information content (AvgIpc) is 2.72. The van der Waals surface area contributed by atoms with E-state index in [9.17, 15) is 9.59 Å². The predicted octanol–water partition coefficient (Wildman–Crippen LogP) is 5.15. The van der Waals surface area contributed by atoms with E-state index >= 15 is 0 Å². The highest BCUT2D eigenvalue weighted by molar-refractivity contribution is 7.99. The molecule has 30 heavy (non-hydrogen) atoms. The molecule has 2 amide bonds. The number of amides is 2. The molecule has 1 N–H and O–H groups in total. The Morgan fingerprint density at radius 2 is 1.77 bits per heavy atom. The Kier molecular flexibility index (Phi) is 10.2. The summed E-state index contributed by atoms with van der Waals surface area (Å²) in [6.45, 7) is 7.09. The number of nitrogens with one attached hydrogen (secondary N) is 1. The zero-order valence-corrected chi connectivity index (χ0v) is 19.5. The van der Waals surface area contributed by atoms with Crippen molar-refractivity contribution in [2.75, 3.05) is 12.3 Å². The molecule has 162 valence electrons. The fourth-order valence-corrected chi connectivity index (χ4v) is 4.16. The Bertz CT molecular complexity index is 814. The molecule has 0 aliphatic heterocycles. The highest BCUT2D eigenvalue weighted by Gasteiger charge is 2.28. The molecule has 2 rings (SSSR count). The van der Waals surface area contributed by atoms with Gasteiger partial charge in [0.25, 0.3) is 0 Å². The van der Waals surface area contributed by atoms with Gasteiger partial charge in [-0.15, -0.1) is 11.8 Å². The fraction of sp³-hybridized carbons (Fsp3) is 0.417. The van der Waals surface area contributed by atoms with Gasteiger partial charge in [-0.1, -0.05) is 74.8 Å². The maximum atomic E-state index is 13.1. The number of carbonyl (C=O) groups excluding carboxylic acids is 2. The number of thioether (sulfide) groups is 1. The van der Waals surface area contributed by atoms with Gasteiger partial charge in [0, 0.05) is 23.9 Å². The van der Waals surface area contributed by atoms with Crippen LogP contribution in [0.25, 0.3) is 0 Å². The van der Waals surface area contributed by atoms with Gasteiger partial charge in [-0.05, 0) is 35.6 Å². The molecule has 0 aromatic heterocycles. The molecule has 4 nitrogen and oxygen atoms in total. The molecule has 0 radical (unpaired) electrons. The maximum Gasteiger partial charge on any atom is 0.242 e. The molecule has 0 saturated carbocycles. The van der Waals surface area contributed by atoms with Gasteiger partial charge in [-0.2, -0.15) is 0 Å². The topological polar surface area (TPSA) is 49.4 Å². The van der Waals surface area contributed by atoms with Crippen LogP contribution < -0.4 is 5.32 Å². The van der Waals surface area contributed by atoms with E-state index in [0.717, 1.165) is 11.1 Å². The third-order valence-corrected chi connectivity index (χ3v) is 5.87. The average molecular weight is 447 g/mol. The van der Waals surface area contributed by atoms with Crippen LogP contribution in [-0.4, -0.2) is 35.1 Å². The van der Waals surface area contributed by atoms with Gasteiger partial charge in [0.1, 0.15) is 6.04 Å². The normalized spacial score (nSPS) is 11.9. The molecule has 0 heterocycles. The number of halogens is 1. The second kappa shape index (κ2) is 12.7. The number of benzene rings is 2. The fourth-order valence-electron chi connectivity index (χ4n) is 3.09. The van der Waals surface area contributed by atoms with Crippen molar-refractivity contribution >= 4 is 35.2 Å². The summed E-state index contributed by atoms with van der Waals surface area (Å²) in [5.74, 6) is 1.25. The van der Waals surface area contributed by atoms with Crippen molar-refractivity contribution in [2.24, 2.45) is 5.92 Å². The summed E-state index contributed by atoms with van der Waals surface area (Å²) < 4.78 is 0. The van der Waals surface area contributed by atoms with Gasteiger partial charge in [0.05, 0.1) is 5.75 Å². The molecule has 0 saturated heterocycles. The molecular weight excluding hydrogens is 416 g/mol. The van der Waals surface area contributed by atoms with Gasteiger partial charge in [0.2, 0.25) is 11.8 Å². The van der Waals surface area contributed by atoms with Crippen LogP contribution in [0.15, 0.2) is 54.6 Å². The SMILES string of the molecule is CC[C@H](C(=O)NCC(C)C)N(Cc1ccccc1)C(=O)CSCc1cccc(Cl)c1. The molecule has 0 spiro atoms. The molecule has 0 aliphatic rings. The van der Waals surface area contributed by atoms with E-state index in [1.165, 1.54) is 11.8 Å². The van der Waals surface area contributed by atoms with Crippen LogP contribution in [0, 0.1) is 5.92 Å². The minimum atomic E-state index is -0.483. The lowest BCUT2D eigenvalue weighted by Crippen LogP contribution is -2.50. The Morgan fingerprint density at radius 3 is 2.40 bits per heavy atom. The van der Waals surface area contributed by atoms with Crippen molar-refractivity contribution in [2.45, 2.75) is 45.5 Å². The van der Waals surface area contributed by atoms with Crippen LogP contribution in [0.1, 0.15) is 38.3 Å². The van der Waals surface area contributed by atoms with Crippen LogP contribution in [-0.2, 0) is 21.9 Å². The number of hydrogen-bond donors (Lipinski definition) is 1. The summed E-state index contributed by atoms with van der Waals surface area (Å²) >= 11 is 7.58. The number of carbonyl (C=O) groups is 2. The van der Waals surface area contributed by atoms with Crippen LogP contribution in [0.3, 0.4) is 0 Å². The first kappa shape index (κ1) is 24.3. The number of nitrogens with zero attached hydrogens (tertiary/aromatic N) is 1. The highest BCUT2D eigenvalue weighted by atomic mass is 35.5. The second-order valence-corrected chi connectivity index (χ2v) is 9.12. The highest BCUT2D eigenvalue weighted by Crippen LogP contribution is 2.19. The van der Waals surface area contributed by atoms with Crippen LogP contribution in [0.5, 0.6) is 0 Å². The van der Waals surface area contributed by atoms with Crippen molar-refractivity contribution in [1.82, 2.24) is 10.2 Å². The molecule has 2 aromatic rings. The summed E-state index contributed by atoms with van der Waals surface area (Å²) in [5.41, 5.74) is 2.09. The number of rotatable bonds is 11. The first-order chi connectivity index (χ1) is 14.4. The van der Waals surface area contributed by atoms with Gasteiger partial charge >= 0.3 is 0 Å². The molecule has 0 fully saturated rings. The Balaban J connectivity index is 2.08. The van der Waals surface area contributed by atoms with E-state index < -0.39 is 6.04 Å². The van der Waals surface area contributed by atoms with Crippen LogP contribution in [0.4, 0.5) is 0 Å².